The van der Waals surface area contributed by atoms with Crippen LogP contribution in [-0.2, 0) is 17.6 Å². The van der Waals surface area contributed by atoms with Gasteiger partial charge in [0.15, 0.2) is 0 Å². The fraction of sp³-hybridized carbons (Fsp3) is 0.368. The molecule has 26 heavy (non-hydrogen) atoms. The number of carbonyl (C=O) groups excluding carboxylic acids is 2. The van der Waals surface area contributed by atoms with E-state index in [1.165, 1.54) is 11.3 Å². The molecule has 1 aliphatic rings. The van der Waals surface area contributed by atoms with Crippen LogP contribution in [0.15, 0.2) is 18.2 Å². The van der Waals surface area contributed by atoms with E-state index >= 15 is 0 Å². The molecule has 0 unspecified atom stereocenters. The molecule has 138 valence electrons. The molecular formula is C19H19F2NO3S. The second kappa shape index (κ2) is 7.53. The summed E-state index contributed by atoms with van der Waals surface area (Å²) in [6.45, 7) is 4.05. The number of anilines is 1. The van der Waals surface area contributed by atoms with Gasteiger partial charge in [0.1, 0.15) is 16.6 Å². The molecule has 4 nitrogen and oxygen atoms in total. The fourth-order valence-electron chi connectivity index (χ4n) is 3.10. The van der Waals surface area contributed by atoms with E-state index in [9.17, 15) is 18.4 Å². The first-order chi connectivity index (χ1) is 12.4. The molecule has 0 aliphatic heterocycles. The van der Waals surface area contributed by atoms with Gasteiger partial charge in [0.2, 0.25) is 0 Å². The number of hydrogen-bond donors (Lipinski definition) is 1. The Morgan fingerprint density at radius 2 is 2.12 bits per heavy atom. The Morgan fingerprint density at radius 3 is 2.85 bits per heavy atom. The molecule has 0 spiro atoms. The highest BCUT2D eigenvalue weighted by Gasteiger charge is 2.29. The summed E-state index contributed by atoms with van der Waals surface area (Å²) in [6, 6.07) is 2.68. The zero-order valence-corrected chi connectivity index (χ0v) is 15.3. The number of esters is 1. The lowest BCUT2D eigenvalue weighted by molar-refractivity contribution is 0.0526. The normalized spacial score (nSPS) is 16.1. The van der Waals surface area contributed by atoms with Crippen molar-refractivity contribution in [2.75, 3.05) is 11.9 Å². The van der Waals surface area contributed by atoms with Crippen molar-refractivity contribution in [3.8, 4) is 0 Å². The maximum absolute atomic E-state index is 13.9. The van der Waals surface area contributed by atoms with Crippen LogP contribution in [0, 0.1) is 17.6 Å². The third-order valence-electron chi connectivity index (χ3n) is 4.39. The Bertz CT molecular complexity index is 863. The van der Waals surface area contributed by atoms with E-state index in [0.717, 1.165) is 47.9 Å². The molecule has 0 bridgehead atoms. The molecule has 3 rings (SSSR count). The molecule has 0 saturated carbocycles. The van der Waals surface area contributed by atoms with Crippen molar-refractivity contribution >= 4 is 28.2 Å². The highest BCUT2D eigenvalue weighted by Crippen LogP contribution is 2.40. The van der Waals surface area contributed by atoms with Gasteiger partial charge >= 0.3 is 5.97 Å². The Balaban J connectivity index is 1.97. The smallest absolute Gasteiger partial charge is 0.341 e. The summed E-state index contributed by atoms with van der Waals surface area (Å²) in [5, 5.41) is 2.91. The lowest BCUT2D eigenvalue weighted by Gasteiger charge is -2.18. The summed E-state index contributed by atoms with van der Waals surface area (Å²) in [7, 11) is 0. The first kappa shape index (κ1) is 18.5. The van der Waals surface area contributed by atoms with Crippen molar-refractivity contribution in [3.05, 3.63) is 51.4 Å². The number of halogens is 2. The summed E-state index contributed by atoms with van der Waals surface area (Å²) in [5.41, 5.74) is 0.824. The van der Waals surface area contributed by atoms with E-state index in [-0.39, 0.29) is 6.61 Å². The Labute approximate surface area is 154 Å². The number of rotatable bonds is 4. The van der Waals surface area contributed by atoms with Crippen molar-refractivity contribution in [1.82, 2.24) is 0 Å². The van der Waals surface area contributed by atoms with Crippen LogP contribution in [-0.4, -0.2) is 18.5 Å². The van der Waals surface area contributed by atoms with Crippen LogP contribution in [0.1, 0.15) is 51.4 Å². The summed E-state index contributed by atoms with van der Waals surface area (Å²) < 4.78 is 32.4. The van der Waals surface area contributed by atoms with Gasteiger partial charge in [-0.15, -0.1) is 11.3 Å². The second-order valence-electron chi connectivity index (χ2n) is 6.35. The zero-order chi connectivity index (χ0) is 18.8. The van der Waals surface area contributed by atoms with Crippen molar-refractivity contribution in [1.29, 1.82) is 0 Å². The van der Waals surface area contributed by atoms with E-state index in [4.69, 9.17) is 4.74 Å². The summed E-state index contributed by atoms with van der Waals surface area (Å²) >= 11 is 1.30. The van der Waals surface area contributed by atoms with E-state index in [1.807, 2.05) is 0 Å². The van der Waals surface area contributed by atoms with Crippen molar-refractivity contribution in [2.45, 2.75) is 33.1 Å². The van der Waals surface area contributed by atoms with E-state index in [0.29, 0.717) is 16.5 Å². The third-order valence-corrected chi connectivity index (χ3v) is 5.56. The predicted octanol–water partition coefficient (Wildman–Crippen LogP) is 4.58. The molecule has 1 atom stereocenters. The standard InChI is InChI=1S/C19H19F2NO3S/c1-3-25-19(24)16-12-6-4-10(2)8-15(12)26-18(16)22-17(23)13-9-11(20)5-7-14(13)21/h5,7,9-10H,3-4,6,8H2,1-2H3,(H,22,23)/t10-/m0/s1. The summed E-state index contributed by atoms with van der Waals surface area (Å²) in [6.07, 6.45) is 2.49. The molecule has 1 aliphatic carbocycles. The molecule has 1 aromatic heterocycles. The first-order valence-corrected chi connectivity index (χ1v) is 9.30. The van der Waals surface area contributed by atoms with E-state index < -0.39 is 29.1 Å². The van der Waals surface area contributed by atoms with Crippen molar-refractivity contribution in [3.63, 3.8) is 0 Å². The fourth-order valence-corrected chi connectivity index (χ4v) is 4.49. The quantitative estimate of drug-likeness (QED) is 0.791. The number of benzene rings is 1. The van der Waals surface area contributed by atoms with Crippen LogP contribution in [0.4, 0.5) is 13.8 Å². The number of ether oxygens (including phenoxy) is 1. The summed E-state index contributed by atoms with van der Waals surface area (Å²) in [5.74, 6) is -2.34. The molecule has 1 aromatic carbocycles. The Kier molecular flexibility index (Phi) is 5.36. The number of thiophene rings is 1. The minimum absolute atomic E-state index is 0.214. The van der Waals surface area contributed by atoms with E-state index in [1.54, 1.807) is 6.92 Å². The number of amides is 1. The van der Waals surface area contributed by atoms with Crippen LogP contribution >= 0.6 is 11.3 Å². The first-order valence-electron chi connectivity index (χ1n) is 8.48. The minimum atomic E-state index is -0.823. The van der Waals surface area contributed by atoms with Gasteiger partial charge in [0.25, 0.3) is 5.91 Å². The van der Waals surface area contributed by atoms with Gasteiger partial charge in [-0.05, 0) is 55.9 Å². The topological polar surface area (TPSA) is 55.4 Å². The van der Waals surface area contributed by atoms with Crippen LogP contribution in [0.2, 0.25) is 0 Å². The molecule has 0 saturated heterocycles. The van der Waals surface area contributed by atoms with E-state index in [2.05, 4.69) is 12.2 Å². The number of carbonyl (C=O) groups is 2. The average molecular weight is 379 g/mol. The van der Waals surface area contributed by atoms with Gasteiger partial charge in [0, 0.05) is 4.88 Å². The average Bonchev–Trinajstić information content (AvgIpc) is 2.94. The molecule has 2 aromatic rings. The second-order valence-corrected chi connectivity index (χ2v) is 7.46. The lowest BCUT2D eigenvalue weighted by atomic mass is 9.88. The van der Waals surface area contributed by atoms with Gasteiger partial charge in [-0.25, -0.2) is 13.6 Å². The van der Waals surface area contributed by atoms with Crippen LogP contribution in [0.25, 0.3) is 0 Å². The zero-order valence-electron chi connectivity index (χ0n) is 14.5. The predicted molar refractivity (Wildman–Crippen MR) is 95.8 cm³/mol. The lowest BCUT2D eigenvalue weighted by Crippen LogP contribution is -2.17. The van der Waals surface area contributed by atoms with Gasteiger partial charge in [-0.1, -0.05) is 6.92 Å². The number of nitrogens with one attached hydrogen (secondary N) is 1. The highest BCUT2D eigenvalue weighted by atomic mass is 32.1. The molecule has 1 amide bonds. The molecule has 1 N–H and O–H groups in total. The number of hydrogen-bond acceptors (Lipinski definition) is 4. The van der Waals surface area contributed by atoms with Crippen molar-refractivity contribution in [2.24, 2.45) is 5.92 Å². The van der Waals surface area contributed by atoms with Crippen LogP contribution in [0.3, 0.4) is 0 Å². The molecule has 1 heterocycles. The van der Waals surface area contributed by atoms with Crippen molar-refractivity contribution < 1.29 is 23.1 Å². The SMILES string of the molecule is CCOC(=O)c1c(NC(=O)c2cc(F)ccc2F)sc2c1CC[C@H](C)C2. The largest absolute Gasteiger partial charge is 0.462 e. The molecule has 7 heteroatoms. The van der Waals surface area contributed by atoms with Crippen LogP contribution < -0.4 is 5.32 Å². The minimum Gasteiger partial charge on any atom is -0.462 e. The maximum Gasteiger partial charge on any atom is 0.341 e. The highest BCUT2D eigenvalue weighted by molar-refractivity contribution is 7.17. The molecule has 0 fully saturated rings. The Morgan fingerprint density at radius 1 is 1.35 bits per heavy atom. The van der Waals surface area contributed by atoms with Gasteiger partial charge in [-0.2, -0.15) is 0 Å². The Hall–Kier alpha value is -2.28. The molecule has 0 radical (unpaired) electrons. The summed E-state index contributed by atoms with van der Waals surface area (Å²) in [4.78, 5) is 25.9. The number of fused-ring (bicyclic) bond motifs is 1. The third kappa shape index (κ3) is 3.62. The van der Waals surface area contributed by atoms with Gasteiger partial charge in [0.05, 0.1) is 17.7 Å². The monoisotopic (exact) mass is 379 g/mol. The van der Waals surface area contributed by atoms with Gasteiger partial charge < -0.3 is 10.1 Å². The maximum atomic E-state index is 13.9. The van der Waals surface area contributed by atoms with Crippen LogP contribution in [0.5, 0.6) is 0 Å². The molecular weight excluding hydrogens is 360 g/mol. The van der Waals surface area contributed by atoms with Gasteiger partial charge in [-0.3, -0.25) is 4.79 Å².